The molecule has 0 bridgehead atoms. The zero-order valence-electron chi connectivity index (χ0n) is 15.7. The van der Waals surface area contributed by atoms with Crippen molar-refractivity contribution in [2.45, 2.75) is 37.2 Å². The van der Waals surface area contributed by atoms with Crippen molar-refractivity contribution >= 4 is 21.6 Å². The SMILES string of the molecule is C=CCC(/C(=N/S(=O)(=O)c1ccc([N+](=O)[O-])cc1)OC(C)C)c1ccccc1. The van der Waals surface area contributed by atoms with Crippen molar-refractivity contribution < 1.29 is 18.1 Å². The molecule has 0 aliphatic heterocycles. The lowest BCUT2D eigenvalue weighted by molar-refractivity contribution is -0.384. The molecule has 28 heavy (non-hydrogen) atoms. The summed E-state index contributed by atoms with van der Waals surface area (Å²) >= 11 is 0. The van der Waals surface area contributed by atoms with Crippen LogP contribution in [0.4, 0.5) is 5.69 Å². The van der Waals surface area contributed by atoms with Crippen LogP contribution in [0.15, 0.2) is 76.5 Å². The van der Waals surface area contributed by atoms with Crippen LogP contribution in [0.5, 0.6) is 0 Å². The van der Waals surface area contributed by atoms with Gasteiger partial charge >= 0.3 is 0 Å². The molecule has 0 radical (unpaired) electrons. The first kappa shape index (κ1) is 21.3. The van der Waals surface area contributed by atoms with Crippen molar-refractivity contribution in [2.24, 2.45) is 4.40 Å². The molecular formula is C20H22N2O5S. The van der Waals surface area contributed by atoms with Gasteiger partial charge in [0.25, 0.3) is 15.7 Å². The molecule has 8 heteroatoms. The molecule has 1 atom stereocenters. The number of hydrogen-bond acceptors (Lipinski definition) is 5. The maximum Gasteiger partial charge on any atom is 0.285 e. The van der Waals surface area contributed by atoms with Crippen LogP contribution in [0.1, 0.15) is 31.7 Å². The van der Waals surface area contributed by atoms with Crippen LogP contribution in [-0.2, 0) is 14.8 Å². The van der Waals surface area contributed by atoms with E-state index in [1.54, 1.807) is 19.9 Å². The zero-order chi connectivity index (χ0) is 20.7. The van der Waals surface area contributed by atoms with Crippen molar-refractivity contribution in [3.63, 3.8) is 0 Å². The van der Waals surface area contributed by atoms with Gasteiger partial charge in [-0.05, 0) is 38.0 Å². The van der Waals surface area contributed by atoms with E-state index in [2.05, 4.69) is 11.0 Å². The number of non-ortho nitro benzene ring substituents is 1. The zero-order valence-corrected chi connectivity index (χ0v) is 16.5. The predicted molar refractivity (Wildman–Crippen MR) is 108 cm³/mol. The Kier molecular flexibility index (Phi) is 7.06. The van der Waals surface area contributed by atoms with E-state index >= 15 is 0 Å². The van der Waals surface area contributed by atoms with E-state index in [4.69, 9.17) is 4.74 Å². The Hall–Kier alpha value is -3.00. The number of benzene rings is 2. The number of nitrogens with zero attached hydrogens (tertiary/aromatic N) is 2. The molecule has 2 aromatic rings. The van der Waals surface area contributed by atoms with E-state index in [0.717, 1.165) is 29.8 Å². The highest BCUT2D eigenvalue weighted by atomic mass is 32.2. The molecule has 7 nitrogen and oxygen atoms in total. The second-order valence-corrected chi connectivity index (χ2v) is 7.91. The van der Waals surface area contributed by atoms with E-state index in [9.17, 15) is 18.5 Å². The molecule has 0 spiro atoms. The van der Waals surface area contributed by atoms with E-state index in [-0.39, 0.29) is 22.6 Å². The molecule has 2 rings (SSSR count). The molecule has 0 saturated heterocycles. The normalized spacial score (nSPS) is 13.2. The molecule has 0 aromatic heterocycles. The molecular weight excluding hydrogens is 380 g/mol. The molecule has 0 amide bonds. The predicted octanol–water partition coefficient (Wildman–Crippen LogP) is 4.47. The Labute approximate surface area is 164 Å². The average molecular weight is 402 g/mol. The van der Waals surface area contributed by atoms with Crippen molar-refractivity contribution in [3.8, 4) is 0 Å². The molecule has 1 unspecified atom stereocenters. The van der Waals surface area contributed by atoms with Gasteiger partial charge in [-0.1, -0.05) is 36.4 Å². The number of ether oxygens (including phenoxy) is 1. The fourth-order valence-electron chi connectivity index (χ4n) is 2.55. The van der Waals surface area contributed by atoms with Crippen LogP contribution in [0.3, 0.4) is 0 Å². The third-order valence-corrected chi connectivity index (χ3v) is 5.10. The fraction of sp³-hybridized carbons (Fsp3) is 0.250. The summed E-state index contributed by atoms with van der Waals surface area (Å²) in [4.78, 5) is 10.0. The minimum atomic E-state index is -4.11. The molecule has 0 aliphatic carbocycles. The summed E-state index contributed by atoms with van der Waals surface area (Å²) < 4.78 is 35.3. The van der Waals surface area contributed by atoms with Crippen LogP contribution in [-0.4, -0.2) is 25.3 Å². The van der Waals surface area contributed by atoms with E-state index < -0.39 is 20.9 Å². The van der Waals surface area contributed by atoms with Gasteiger partial charge in [-0.3, -0.25) is 10.1 Å². The van der Waals surface area contributed by atoms with Gasteiger partial charge in [-0.25, -0.2) is 0 Å². The summed E-state index contributed by atoms with van der Waals surface area (Å²) in [5.41, 5.74) is 0.649. The Bertz CT molecular complexity index is 952. The summed E-state index contributed by atoms with van der Waals surface area (Å²) in [6.07, 6.45) is 1.82. The highest BCUT2D eigenvalue weighted by Crippen LogP contribution is 2.26. The van der Waals surface area contributed by atoms with Crippen LogP contribution >= 0.6 is 0 Å². The molecule has 0 aliphatic rings. The van der Waals surface area contributed by atoms with E-state index in [0.29, 0.717) is 6.42 Å². The van der Waals surface area contributed by atoms with Gasteiger partial charge in [0.05, 0.1) is 21.8 Å². The molecule has 0 saturated carbocycles. The fourth-order valence-corrected chi connectivity index (χ4v) is 3.54. The summed E-state index contributed by atoms with van der Waals surface area (Å²) in [6.45, 7) is 7.31. The Morgan fingerprint density at radius 1 is 1.18 bits per heavy atom. The summed E-state index contributed by atoms with van der Waals surface area (Å²) in [5.74, 6) is -0.367. The quantitative estimate of drug-likeness (QED) is 0.213. The first-order chi connectivity index (χ1) is 13.2. The van der Waals surface area contributed by atoms with Crippen molar-refractivity contribution in [1.82, 2.24) is 0 Å². The second-order valence-electron chi connectivity index (χ2n) is 6.31. The van der Waals surface area contributed by atoms with Crippen LogP contribution in [0.25, 0.3) is 0 Å². The van der Waals surface area contributed by atoms with Gasteiger partial charge in [-0.2, -0.15) is 8.42 Å². The largest absolute Gasteiger partial charge is 0.477 e. The maximum atomic E-state index is 12.8. The Morgan fingerprint density at radius 3 is 2.29 bits per heavy atom. The topological polar surface area (TPSA) is 98.9 Å². The van der Waals surface area contributed by atoms with Crippen LogP contribution < -0.4 is 0 Å². The smallest absolute Gasteiger partial charge is 0.285 e. The third-order valence-electron chi connectivity index (χ3n) is 3.81. The molecule has 0 N–H and O–H groups in total. The van der Waals surface area contributed by atoms with Gasteiger partial charge in [0.1, 0.15) is 0 Å². The summed E-state index contributed by atoms with van der Waals surface area (Å²) in [5, 5.41) is 10.8. The molecule has 2 aromatic carbocycles. The lowest BCUT2D eigenvalue weighted by Crippen LogP contribution is -2.21. The van der Waals surface area contributed by atoms with Gasteiger partial charge < -0.3 is 4.74 Å². The number of sulfonamides is 1. The maximum absolute atomic E-state index is 12.8. The lowest BCUT2D eigenvalue weighted by Gasteiger charge is -2.21. The van der Waals surface area contributed by atoms with Crippen LogP contribution in [0.2, 0.25) is 0 Å². The first-order valence-corrected chi connectivity index (χ1v) is 10.1. The highest BCUT2D eigenvalue weighted by molar-refractivity contribution is 7.90. The summed E-state index contributed by atoms with van der Waals surface area (Å²) in [7, 11) is -4.11. The van der Waals surface area contributed by atoms with Crippen molar-refractivity contribution in [2.75, 3.05) is 0 Å². The Balaban J connectivity index is 2.51. The summed E-state index contributed by atoms with van der Waals surface area (Å²) in [6, 6.07) is 13.9. The molecule has 0 fully saturated rings. The standard InChI is InChI=1S/C20H22N2O5S/c1-4-8-19(16-9-6-5-7-10-16)20(27-15(2)3)21-28(25,26)18-13-11-17(12-14-18)22(23)24/h4-7,9-15,19H,1,8H2,2-3H3/b21-20-. The number of nitro benzene ring substituents is 1. The average Bonchev–Trinajstić information content (AvgIpc) is 2.65. The minimum Gasteiger partial charge on any atom is -0.477 e. The first-order valence-electron chi connectivity index (χ1n) is 8.66. The number of hydrogen-bond donors (Lipinski definition) is 0. The number of rotatable bonds is 8. The minimum absolute atomic E-state index is 0.0550. The Morgan fingerprint density at radius 2 is 1.79 bits per heavy atom. The third kappa shape index (κ3) is 5.50. The van der Waals surface area contributed by atoms with Crippen LogP contribution in [0, 0.1) is 10.1 Å². The van der Waals surface area contributed by atoms with Gasteiger partial charge in [0.15, 0.2) is 0 Å². The molecule has 0 heterocycles. The van der Waals surface area contributed by atoms with Gasteiger partial charge in [0, 0.05) is 12.1 Å². The van der Waals surface area contributed by atoms with Crippen molar-refractivity contribution in [1.29, 1.82) is 0 Å². The number of allylic oxidation sites excluding steroid dienone is 1. The van der Waals surface area contributed by atoms with E-state index in [1.807, 2.05) is 30.3 Å². The van der Waals surface area contributed by atoms with Crippen molar-refractivity contribution in [3.05, 3.63) is 82.9 Å². The highest BCUT2D eigenvalue weighted by Gasteiger charge is 2.24. The van der Waals surface area contributed by atoms with E-state index in [1.165, 1.54) is 0 Å². The van der Waals surface area contributed by atoms with Gasteiger partial charge in [-0.15, -0.1) is 11.0 Å². The number of nitro groups is 1. The van der Waals surface area contributed by atoms with Gasteiger partial charge in [0.2, 0.25) is 5.90 Å². The molecule has 148 valence electrons. The monoisotopic (exact) mass is 402 g/mol. The lowest BCUT2D eigenvalue weighted by atomic mass is 9.95. The second kappa shape index (κ2) is 9.27.